The lowest BCUT2D eigenvalue weighted by Crippen LogP contribution is -2.53. The van der Waals surface area contributed by atoms with Crippen LogP contribution in [0.3, 0.4) is 0 Å². The molecule has 0 radical (unpaired) electrons. The number of nitrogens with zero attached hydrogens (tertiary/aromatic N) is 2. The average Bonchev–Trinajstić information content (AvgIpc) is 2.73. The summed E-state index contributed by atoms with van der Waals surface area (Å²) in [6.45, 7) is 4.86. The topological polar surface area (TPSA) is 60.9 Å². The van der Waals surface area contributed by atoms with E-state index in [1.807, 2.05) is 0 Å². The van der Waals surface area contributed by atoms with Crippen LogP contribution in [0.1, 0.15) is 19.8 Å². The highest BCUT2D eigenvalue weighted by Gasteiger charge is 2.35. The van der Waals surface area contributed by atoms with E-state index in [4.69, 9.17) is 5.11 Å². The van der Waals surface area contributed by atoms with Gasteiger partial charge in [0.15, 0.2) is 0 Å². The molecule has 2 rings (SSSR count). The minimum absolute atomic E-state index is 0.237. The third-order valence-electron chi connectivity index (χ3n) is 3.64. The van der Waals surface area contributed by atoms with Gasteiger partial charge in [-0.1, -0.05) is 0 Å². The molecule has 0 spiro atoms. The van der Waals surface area contributed by atoms with E-state index in [-0.39, 0.29) is 5.91 Å². The van der Waals surface area contributed by atoms with E-state index >= 15 is 0 Å². The Hall–Kier alpha value is -1.10. The van der Waals surface area contributed by atoms with Gasteiger partial charge in [-0.15, -0.1) is 0 Å². The smallest absolute Gasteiger partial charge is 0.315 e. The predicted molar refractivity (Wildman–Crippen MR) is 58.0 cm³/mol. The summed E-state index contributed by atoms with van der Waals surface area (Å²) in [5, 5.41) is 8.81. The van der Waals surface area contributed by atoms with Crippen LogP contribution in [-0.4, -0.2) is 59.0 Å². The standard InChI is InChI=1S/C11H18N2O3/c1-8(11(15)16)10(14)13-6-5-12-4-2-3-9(12)7-13/h8-9H,2-7H2,1H3,(H,15,16). The summed E-state index contributed by atoms with van der Waals surface area (Å²) in [7, 11) is 0. The third-order valence-corrected chi connectivity index (χ3v) is 3.64. The molecule has 2 aliphatic heterocycles. The highest BCUT2D eigenvalue weighted by Crippen LogP contribution is 2.22. The van der Waals surface area contributed by atoms with Crippen molar-refractivity contribution in [2.45, 2.75) is 25.8 Å². The fourth-order valence-corrected chi connectivity index (χ4v) is 2.57. The number of carbonyl (C=O) groups is 2. The molecule has 2 atom stereocenters. The van der Waals surface area contributed by atoms with Crippen LogP contribution in [0, 0.1) is 5.92 Å². The molecule has 0 aliphatic carbocycles. The zero-order valence-electron chi connectivity index (χ0n) is 9.56. The van der Waals surface area contributed by atoms with Crippen LogP contribution in [-0.2, 0) is 9.59 Å². The molecular formula is C11H18N2O3. The Bertz CT molecular complexity index is 306. The summed E-state index contributed by atoms with van der Waals surface area (Å²) < 4.78 is 0. The number of rotatable bonds is 2. The quantitative estimate of drug-likeness (QED) is 0.674. The normalized spacial score (nSPS) is 27.6. The molecule has 0 bridgehead atoms. The fourth-order valence-electron chi connectivity index (χ4n) is 2.57. The van der Waals surface area contributed by atoms with Crippen molar-refractivity contribution in [2.75, 3.05) is 26.2 Å². The number of hydrogen-bond donors (Lipinski definition) is 1. The van der Waals surface area contributed by atoms with Crippen molar-refractivity contribution >= 4 is 11.9 Å². The molecule has 2 saturated heterocycles. The Morgan fingerprint density at radius 2 is 2.06 bits per heavy atom. The Morgan fingerprint density at radius 3 is 2.75 bits per heavy atom. The molecule has 0 aromatic carbocycles. The number of carboxylic acid groups (broad SMARTS) is 1. The molecule has 1 N–H and O–H groups in total. The molecule has 5 nitrogen and oxygen atoms in total. The van der Waals surface area contributed by atoms with Crippen molar-refractivity contribution in [3.63, 3.8) is 0 Å². The average molecular weight is 226 g/mol. The molecule has 5 heteroatoms. The molecule has 2 unspecified atom stereocenters. The maximum absolute atomic E-state index is 11.9. The van der Waals surface area contributed by atoms with Gasteiger partial charge in [-0.05, 0) is 26.3 Å². The summed E-state index contributed by atoms with van der Waals surface area (Å²) in [6, 6.07) is 0.457. The minimum atomic E-state index is -1.03. The SMILES string of the molecule is CC(C(=O)O)C(=O)N1CCN2CCCC2C1. The second-order valence-electron chi connectivity index (χ2n) is 4.68. The Morgan fingerprint density at radius 1 is 1.31 bits per heavy atom. The fraction of sp³-hybridized carbons (Fsp3) is 0.818. The lowest BCUT2D eigenvalue weighted by molar-refractivity contribution is -0.151. The van der Waals surface area contributed by atoms with Crippen LogP contribution in [0.2, 0.25) is 0 Å². The van der Waals surface area contributed by atoms with Crippen molar-refractivity contribution in [1.29, 1.82) is 0 Å². The van der Waals surface area contributed by atoms with Gasteiger partial charge in [0.05, 0.1) is 0 Å². The van der Waals surface area contributed by atoms with Crippen molar-refractivity contribution in [3.05, 3.63) is 0 Å². The minimum Gasteiger partial charge on any atom is -0.481 e. The summed E-state index contributed by atoms with van der Waals surface area (Å²) >= 11 is 0. The molecule has 0 aromatic heterocycles. The van der Waals surface area contributed by atoms with Gasteiger partial charge in [-0.3, -0.25) is 14.5 Å². The predicted octanol–water partition coefficient (Wildman–Crippen LogP) is 0.0137. The molecule has 2 heterocycles. The zero-order chi connectivity index (χ0) is 11.7. The first kappa shape index (κ1) is 11.4. The molecule has 2 aliphatic rings. The summed E-state index contributed by atoms with van der Waals surface area (Å²) in [4.78, 5) is 26.7. The first-order valence-corrected chi connectivity index (χ1v) is 5.85. The van der Waals surface area contributed by atoms with E-state index in [0.717, 1.165) is 19.5 Å². The van der Waals surface area contributed by atoms with E-state index in [2.05, 4.69) is 4.90 Å². The highest BCUT2D eigenvalue weighted by atomic mass is 16.4. The molecule has 90 valence electrons. The van der Waals surface area contributed by atoms with Gasteiger partial charge in [0.25, 0.3) is 0 Å². The largest absolute Gasteiger partial charge is 0.481 e. The number of amides is 1. The number of aliphatic carboxylic acids is 1. The van der Waals surface area contributed by atoms with E-state index in [1.165, 1.54) is 13.3 Å². The van der Waals surface area contributed by atoms with Crippen LogP contribution < -0.4 is 0 Å². The molecule has 0 aromatic rings. The van der Waals surface area contributed by atoms with Gasteiger partial charge in [0.1, 0.15) is 5.92 Å². The number of fused-ring (bicyclic) bond motifs is 1. The van der Waals surface area contributed by atoms with Crippen molar-refractivity contribution in [3.8, 4) is 0 Å². The Balaban J connectivity index is 1.96. The van der Waals surface area contributed by atoms with Crippen LogP contribution in [0.5, 0.6) is 0 Å². The van der Waals surface area contributed by atoms with E-state index in [1.54, 1.807) is 4.90 Å². The molecule has 1 amide bonds. The van der Waals surface area contributed by atoms with Gasteiger partial charge in [-0.2, -0.15) is 0 Å². The number of hydrogen-bond acceptors (Lipinski definition) is 3. The molecular weight excluding hydrogens is 208 g/mol. The number of carbonyl (C=O) groups excluding carboxylic acids is 1. The maximum atomic E-state index is 11.9. The second-order valence-corrected chi connectivity index (χ2v) is 4.68. The maximum Gasteiger partial charge on any atom is 0.315 e. The summed E-state index contributed by atoms with van der Waals surface area (Å²) in [5.74, 6) is -2.18. The molecule has 16 heavy (non-hydrogen) atoms. The molecule has 0 saturated carbocycles. The van der Waals surface area contributed by atoms with Crippen molar-refractivity contribution in [1.82, 2.24) is 9.80 Å². The lowest BCUT2D eigenvalue weighted by Gasteiger charge is -2.38. The lowest BCUT2D eigenvalue weighted by atomic mass is 10.1. The monoisotopic (exact) mass is 226 g/mol. The van der Waals surface area contributed by atoms with Gasteiger partial charge >= 0.3 is 5.97 Å². The van der Waals surface area contributed by atoms with Crippen LogP contribution in [0.25, 0.3) is 0 Å². The number of carboxylic acids is 1. The van der Waals surface area contributed by atoms with Crippen molar-refractivity contribution < 1.29 is 14.7 Å². The van der Waals surface area contributed by atoms with Gasteiger partial charge < -0.3 is 10.0 Å². The van der Waals surface area contributed by atoms with Crippen molar-refractivity contribution in [2.24, 2.45) is 5.92 Å². The van der Waals surface area contributed by atoms with E-state index in [0.29, 0.717) is 19.1 Å². The highest BCUT2D eigenvalue weighted by molar-refractivity contribution is 5.96. The van der Waals surface area contributed by atoms with Gasteiger partial charge in [0, 0.05) is 25.7 Å². The zero-order valence-corrected chi connectivity index (χ0v) is 9.56. The first-order chi connectivity index (χ1) is 7.59. The summed E-state index contributed by atoms with van der Waals surface area (Å²) in [5.41, 5.74) is 0. The Labute approximate surface area is 95.0 Å². The van der Waals surface area contributed by atoms with Gasteiger partial charge in [-0.25, -0.2) is 0 Å². The van der Waals surface area contributed by atoms with Gasteiger partial charge in [0.2, 0.25) is 5.91 Å². The first-order valence-electron chi connectivity index (χ1n) is 5.85. The molecule has 2 fully saturated rings. The third kappa shape index (κ3) is 2.04. The number of piperazine rings is 1. The van der Waals surface area contributed by atoms with Crippen LogP contribution in [0.15, 0.2) is 0 Å². The Kier molecular flexibility index (Phi) is 3.14. The van der Waals surface area contributed by atoms with E-state index < -0.39 is 11.9 Å². The summed E-state index contributed by atoms with van der Waals surface area (Å²) in [6.07, 6.45) is 2.33. The van der Waals surface area contributed by atoms with E-state index in [9.17, 15) is 9.59 Å². The van der Waals surface area contributed by atoms with Crippen LogP contribution in [0.4, 0.5) is 0 Å². The van der Waals surface area contributed by atoms with Crippen LogP contribution >= 0.6 is 0 Å². The second kappa shape index (κ2) is 4.41.